The molecule has 0 aromatic rings. The molecule has 0 rings (SSSR count). The Morgan fingerprint density at radius 3 is 1.91 bits per heavy atom. The molecule has 0 aliphatic rings. The molecule has 0 saturated carbocycles. The zero-order valence-electron chi connectivity index (χ0n) is 15.2. The van der Waals surface area contributed by atoms with Gasteiger partial charge in [-0.05, 0) is 25.2 Å². The Morgan fingerprint density at radius 2 is 1.39 bits per heavy atom. The zero-order chi connectivity index (χ0) is 17.7. The van der Waals surface area contributed by atoms with Gasteiger partial charge in [-0.2, -0.15) is 0 Å². The lowest BCUT2D eigenvalue weighted by molar-refractivity contribution is -0.143. The first kappa shape index (κ1) is 21.9. The number of carbonyl (C=O) groups is 2. The van der Waals surface area contributed by atoms with Crippen LogP contribution in [0, 0.1) is 17.8 Å². The van der Waals surface area contributed by atoms with E-state index in [0.717, 1.165) is 38.5 Å². The first-order chi connectivity index (χ1) is 10.9. The third-order valence-electron chi connectivity index (χ3n) is 4.74. The number of carboxylic acids is 2. The Morgan fingerprint density at radius 1 is 0.783 bits per heavy atom. The summed E-state index contributed by atoms with van der Waals surface area (Å²) >= 11 is 0. The Balaban J connectivity index is 4.24. The van der Waals surface area contributed by atoms with E-state index in [1.54, 1.807) is 6.92 Å². The van der Waals surface area contributed by atoms with E-state index in [0.29, 0.717) is 18.8 Å². The lowest BCUT2D eigenvalue weighted by Crippen LogP contribution is -2.18. The molecule has 4 heteroatoms. The van der Waals surface area contributed by atoms with E-state index in [2.05, 4.69) is 13.8 Å². The van der Waals surface area contributed by atoms with Crippen LogP contribution in [-0.4, -0.2) is 22.2 Å². The van der Waals surface area contributed by atoms with Crippen LogP contribution in [0.2, 0.25) is 0 Å². The second kappa shape index (κ2) is 13.4. The van der Waals surface area contributed by atoms with E-state index in [9.17, 15) is 14.7 Å². The van der Waals surface area contributed by atoms with E-state index in [4.69, 9.17) is 5.11 Å². The minimum atomic E-state index is -0.765. The molecular formula is C19H36O4. The number of rotatable bonds is 15. The normalized spacial score (nSPS) is 15.1. The summed E-state index contributed by atoms with van der Waals surface area (Å²) < 4.78 is 0. The van der Waals surface area contributed by atoms with Crippen LogP contribution >= 0.6 is 0 Å². The second-order valence-corrected chi connectivity index (χ2v) is 6.95. The molecule has 0 spiro atoms. The van der Waals surface area contributed by atoms with Gasteiger partial charge in [0.2, 0.25) is 0 Å². The first-order valence-electron chi connectivity index (χ1n) is 9.37. The van der Waals surface area contributed by atoms with Crippen LogP contribution in [0.4, 0.5) is 0 Å². The number of hydrogen-bond donors (Lipinski definition) is 2. The largest absolute Gasteiger partial charge is 0.481 e. The van der Waals surface area contributed by atoms with Gasteiger partial charge in [-0.15, -0.1) is 0 Å². The molecule has 0 aromatic carbocycles. The van der Waals surface area contributed by atoms with Crippen LogP contribution in [0.25, 0.3) is 0 Å². The summed E-state index contributed by atoms with van der Waals surface area (Å²) in [5.41, 5.74) is 0. The van der Waals surface area contributed by atoms with Gasteiger partial charge in [-0.25, -0.2) is 0 Å². The van der Waals surface area contributed by atoms with Crippen LogP contribution in [-0.2, 0) is 9.59 Å². The third-order valence-corrected chi connectivity index (χ3v) is 4.74. The summed E-state index contributed by atoms with van der Waals surface area (Å²) in [7, 11) is 0. The minimum absolute atomic E-state index is 0.270. The second-order valence-electron chi connectivity index (χ2n) is 6.95. The molecule has 0 aromatic heterocycles. The zero-order valence-corrected chi connectivity index (χ0v) is 15.2. The maximum atomic E-state index is 11.5. The molecule has 0 radical (unpaired) electrons. The van der Waals surface area contributed by atoms with E-state index in [-0.39, 0.29) is 11.8 Å². The maximum Gasteiger partial charge on any atom is 0.306 e. The Bertz CT molecular complexity index is 327. The molecule has 2 N–H and O–H groups in total. The summed E-state index contributed by atoms with van der Waals surface area (Å²) in [6, 6.07) is 0. The molecule has 3 atom stereocenters. The molecule has 0 aliphatic heterocycles. The van der Waals surface area contributed by atoms with E-state index < -0.39 is 11.9 Å². The summed E-state index contributed by atoms with van der Waals surface area (Å²) in [6.07, 6.45) is 10.7. The average Bonchev–Trinajstić information content (AvgIpc) is 2.49. The van der Waals surface area contributed by atoms with Gasteiger partial charge in [-0.3, -0.25) is 9.59 Å². The predicted octanol–water partition coefficient (Wildman–Crippen LogP) is 5.36. The van der Waals surface area contributed by atoms with E-state index in [1.165, 1.54) is 19.3 Å². The topological polar surface area (TPSA) is 74.6 Å². The SMILES string of the molecule is CCCCCC(CCC)CC(CCCCC(C)C(=O)O)C(=O)O. The molecule has 0 amide bonds. The Kier molecular flexibility index (Phi) is 12.8. The highest BCUT2D eigenvalue weighted by Crippen LogP contribution is 2.27. The van der Waals surface area contributed by atoms with E-state index in [1.807, 2.05) is 0 Å². The summed E-state index contributed by atoms with van der Waals surface area (Å²) in [5, 5.41) is 18.3. The van der Waals surface area contributed by atoms with Crippen molar-refractivity contribution in [1.29, 1.82) is 0 Å². The standard InChI is InChI=1S/C19H36O4/c1-4-6-7-12-16(10-5-2)14-17(19(22)23)13-9-8-11-15(3)18(20)21/h15-17H,4-14H2,1-3H3,(H,20,21)(H,22,23). The molecule has 0 fully saturated rings. The lowest BCUT2D eigenvalue weighted by Gasteiger charge is -2.21. The summed E-state index contributed by atoms with van der Waals surface area (Å²) in [5.74, 6) is -1.54. The van der Waals surface area contributed by atoms with E-state index >= 15 is 0 Å². The summed E-state index contributed by atoms with van der Waals surface area (Å²) in [4.78, 5) is 22.3. The van der Waals surface area contributed by atoms with Gasteiger partial charge < -0.3 is 10.2 Å². The van der Waals surface area contributed by atoms with Crippen molar-refractivity contribution < 1.29 is 19.8 Å². The van der Waals surface area contributed by atoms with Gasteiger partial charge >= 0.3 is 11.9 Å². The smallest absolute Gasteiger partial charge is 0.306 e. The molecule has 4 nitrogen and oxygen atoms in total. The van der Waals surface area contributed by atoms with Gasteiger partial charge in [0.05, 0.1) is 11.8 Å². The van der Waals surface area contributed by atoms with Crippen LogP contribution in [0.3, 0.4) is 0 Å². The van der Waals surface area contributed by atoms with Crippen molar-refractivity contribution in [2.45, 2.75) is 91.4 Å². The monoisotopic (exact) mass is 328 g/mol. The van der Waals surface area contributed by atoms with Crippen molar-refractivity contribution in [3.8, 4) is 0 Å². The van der Waals surface area contributed by atoms with Gasteiger partial charge in [-0.1, -0.05) is 72.1 Å². The Hall–Kier alpha value is -1.06. The predicted molar refractivity (Wildman–Crippen MR) is 93.6 cm³/mol. The van der Waals surface area contributed by atoms with Crippen LogP contribution in [0.5, 0.6) is 0 Å². The lowest BCUT2D eigenvalue weighted by atomic mass is 9.84. The molecular weight excluding hydrogens is 292 g/mol. The number of carboxylic acid groups (broad SMARTS) is 2. The minimum Gasteiger partial charge on any atom is -0.481 e. The van der Waals surface area contributed by atoms with Crippen molar-refractivity contribution in [3.05, 3.63) is 0 Å². The Labute approximate surface area is 141 Å². The molecule has 136 valence electrons. The van der Waals surface area contributed by atoms with Crippen LogP contribution < -0.4 is 0 Å². The van der Waals surface area contributed by atoms with Crippen molar-refractivity contribution in [2.24, 2.45) is 17.8 Å². The highest BCUT2D eigenvalue weighted by atomic mass is 16.4. The highest BCUT2D eigenvalue weighted by molar-refractivity contribution is 5.70. The number of hydrogen-bond acceptors (Lipinski definition) is 2. The number of unbranched alkanes of at least 4 members (excludes halogenated alkanes) is 3. The fourth-order valence-electron chi connectivity index (χ4n) is 3.18. The molecule has 0 saturated heterocycles. The fourth-order valence-corrected chi connectivity index (χ4v) is 3.18. The van der Waals surface area contributed by atoms with Crippen molar-refractivity contribution in [3.63, 3.8) is 0 Å². The van der Waals surface area contributed by atoms with Crippen molar-refractivity contribution in [2.75, 3.05) is 0 Å². The fraction of sp³-hybridized carbons (Fsp3) is 0.895. The van der Waals surface area contributed by atoms with Gasteiger partial charge in [0, 0.05) is 0 Å². The summed E-state index contributed by atoms with van der Waals surface area (Å²) in [6.45, 7) is 6.06. The van der Waals surface area contributed by atoms with Gasteiger partial charge in [0.1, 0.15) is 0 Å². The number of aliphatic carboxylic acids is 2. The highest BCUT2D eigenvalue weighted by Gasteiger charge is 2.22. The molecule has 23 heavy (non-hydrogen) atoms. The van der Waals surface area contributed by atoms with Gasteiger partial charge in [0.25, 0.3) is 0 Å². The van der Waals surface area contributed by atoms with Crippen molar-refractivity contribution >= 4 is 11.9 Å². The average molecular weight is 328 g/mol. The molecule has 0 aliphatic carbocycles. The molecule has 0 bridgehead atoms. The first-order valence-corrected chi connectivity index (χ1v) is 9.37. The molecule has 3 unspecified atom stereocenters. The van der Waals surface area contributed by atoms with Crippen LogP contribution in [0.15, 0.2) is 0 Å². The maximum absolute atomic E-state index is 11.5. The van der Waals surface area contributed by atoms with Gasteiger partial charge in [0.15, 0.2) is 0 Å². The molecule has 0 heterocycles. The van der Waals surface area contributed by atoms with Crippen molar-refractivity contribution in [1.82, 2.24) is 0 Å². The third kappa shape index (κ3) is 11.2. The quantitative estimate of drug-likeness (QED) is 0.397. The van der Waals surface area contributed by atoms with Crippen LogP contribution in [0.1, 0.15) is 91.4 Å².